The van der Waals surface area contributed by atoms with Crippen molar-refractivity contribution in [3.63, 3.8) is 0 Å². The molecule has 70 valence electrons. The summed E-state index contributed by atoms with van der Waals surface area (Å²) in [5, 5.41) is 0. The zero-order valence-electron chi connectivity index (χ0n) is 9.09. The van der Waals surface area contributed by atoms with Gasteiger partial charge >= 0.3 is 0 Å². The Morgan fingerprint density at radius 1 is 1.17 bits per heavy atom. The molecule has 0 atom stereocenters. The van der Waals surface area contributed by atoms with Crippen molar-refractivity contribution in [2.24, 2.45) is 0 Å². The Hall–Kier alpha value is -0.560. The molecule has 0 bridgehead atoms. The maximum atomic E-state index is 2.28. The molecule has 0 aliphatic rings. The minimum Gasteiger partial charge on any atom is -0.299 e. The normalized spacial score (nSPS) is 12.1. The zero-order chi connectivity index (χ0) is 9.61. The smallest absolute Gasteiger partial charge is 0.101 e. The van der Waals surface area contributed by atoms with Crippen LogP contribution < -0.4 is 0 Å². The number of allylic oxidation sites excluding steroid dienone is 2. The first-order chi connectivity index (χ1) is 5.48. The van der Waals surface area contributed by atoms with Crippen LogP contribution in [0.3, 0.4) is 0 Å². The molecule has 0 aliphatic carbocycles. The van der Waals surface area contributed by atoms with Gasteiger partial charge in [0.05, 0.1) is 20.3 Å². The molecule has 0 fully saturated rings. The minimum absolute atomic E-state index is 0.943. The summed E-state index contributed by atoms with van der Waals surface area (Å²) in [5.41, 5.74) is 1.38. The van der Waals surface area contributed by atoms with Gasteiger partial charge in [-0.15, -0.1) is 0 Å². The van der Waals surface area contributed by atoms with Crippen LogP contribution in [-0.2, 0) is 0 Å². The van der Waals surface area contributed by atoms with E-state index in [4.69, 9.17) is 0 Å². The first-order valence-corrected chi connectivity index (χ1v) is 4.61. The molecule has 0 N–H and O–H groups in total. The predicted molar refractivity (Wildman–Crippen MR) is 55.8 cm³/mol. The Balaban J connectivity index is 4.04. The molecule has 0 aromatic rings. The van der Waals surface area contributed by atoms with E-state index < -0.39 is 0 Å². The Bertz CT molecular complexity index is 171. The molecule has 12 heavy (non-hydrogen) atoms. The van der Waals surface area contributed by atoms with Crippen LogP contribution in [0.25, 0.3) is 0 Å². The second-order valence-electron chi connectivity index (χ2n) is 4.05. The van der Waals surface area contributed by atoms with Gasteiger partial charge in [-0.1, -0.05) is 13.0 Å². The molecule has 1 nitrogen and oxygen atoms in total. The quantitative estimate of drug-likeness (QED) is 0.447. The van der Waals surface area contributed by atoms with E-state index in [1.807, 2.05) is 0 Å². The summed E-state index contributed by atoms with van der Waals surface area (Å²) in [6.07, 6.45) is 7.88. The van der Waals surface area contributed by atoms with Gasteiger partial charge in [-0.05, 0) is 31.9 Å². The Morgan fingerprint density at radius 2 is 1.75 bits per heavy atom. The van der Waals surface area contributed by atoms with Gasteiger partial charge in [0.1, 0.15) is 6.54 Å². The van der Waals surface area contributed by atoms with Crippen molar-refractivity contribution in [3.05, 3.63) is 23.9 Å². The van der Waals surface area contributed by atoms with E-state index in [1.54, 1.807) is 0 Å². The number of nitrogens with zero attached hydrogens (tertiary/aromatic N) is 1. The van der Waals surface area contributed by atoms with Crippen LogP contribution in [0.2, 0.25) is 0 Å². The molecule has 0 heterocycles. The van der Waals surface area contributed by atoms with E-state index in [9.17, 15) is 0 Å². The number of hydrogen-bond acceptors (Lipinski definition) is 0. The molecule has 0 rings (SSSR count). The third kappa shape index (κ3) is 6.17. The summed E-state index contributed by atoms with van der Waals surface area (Å²) in [6.45, 7) is 7.53. The molecular weight excluding hydrogens is 146 g/mol. The van der Waals surface area contributed by atoms with Gasteiger partial charge in [0.2, 0.25) is 0 Å². The van der Waals surface area contributed by atoms with E-state index in [2.05, 4.69) is 53.2 Å². The van der Waals surface area contributed by atoms with Gasteiger partial charge in [-0.25, -0.2) is 0 Å². The first kappa shape index (κ1) is 11.4. The first-order valence-electron chi connectivity index (χ1n) is 4.61. The lowest BCUT2D eigenvalue weighted by Crippen LogP contribution is -2.33. The van der Waals surface area contributed by atoms with Gasteiger partial charge in [0.25, 0.3) is 0 Å². The summed E-state index contributed by atoms with van der Waals surface area (Å²) in [6, 6.07) is 0. The SMILES string of the molecule is CC/C=C/C[N+](C)(C)C=C(C)C. The minimum atomic E-state index is 0.943. The van der Waals surface area contributed by atoms with Crippen molar-refractivity contribution >= 4 is 0 Å². The second kappa shape index (κ2) is 5.15. The molecule has 0 aliphatic heterocycles. The lowest BCUT2D eigenvalue weighted by atomic mass is 10.3. The number of likely N-dealkylation sites (N-methyl/N-ethyl adjacent to an activating group) is 1. The highest BCUT2D eigenvalue weighted by Crippen LogP contribution is 2.03. The van der Waals surface area contributed by atoms with Crippen LogP contribution in [0.15, 0.2) is 23.9 Å². The predicted octanol–water partition coefficient (Wildman–Crippen LogP) is 2.95. The van der Waals surface area contributed by atoms with Crippen molar-refractivity contribution < 1.29 is 4.48 Å². The summed E-state index contributed by atoms with van der Waals surface area (Å²) >= 11 is 0. The van der Waals surface area contributed by atoms with Gasteiger partial charge in [-0.2, -0.15) is 0 Å². The fourth-order valence-corrected chi connectivity index (χ4v) is 1.26. The van der Waals surface area contributed by atoms with Crippen molar-refractivity contribution in [1.82, 2.24) is 0 Å². The summed E-state index contributed by atoms with van der Waals surface area (Å²) in [7, 11) is 4.43. The van der Waals surface area contributed by atoms with Gasteiger partial charge < -0.3 is 0 Å². The molecule has 0 aromatic heterocycles. The summed E-state index contributed by atoms with van der Waals surface area (Å²) < 4.78 is 0.943. The van der Waals surface area contributed by atoms with Crippen LogP contribution in [0.5, 0.6) is 0 Å². The average molecular weight is 168 g/mol. The van der Waals surface area contributed by atoms with E-state index in [1.165, 1.54) is 5.57 Å². The Kier molecular flexibility index (Phi) is 4.91. The fourth-order valence-electron chi connectivity index (χ4n) is 1.26. The maximum Gasteiger partial charge on any atom is 0.101 e. The molecule has 0 saturated carbocycles. The van der Waals surface area contributed by atoms with Gasteiger partial charge in [0, 0.05) is 0 Å². The van der Waals surface area contributed by atoms with Crippen LogP contribution in [0, 0.1) is 0 Å². The van der Waals surface area contributed by atoms with Crippen LogP contribution in [0.1, 0.15) is 27.2 Å². The molecule has 0 amide bonds. The van der Waals surface area contributed by atoms with Crippen molar-refractivity contribution in [3.8, 4) is 0 Å². The molecule has 0 unspecified atom stereocenters. The van der Waals surface area contributed by atoms with Crippen molar-refractivity contribution in [1.29, 1.82) is 0 Å². The van der Waals surface area contributed by atoms with Gasteiger partial charge in [0.15, 0.2) is 0 Å². The lowest BCUT2D eigenvalue weighted by Gasteiger charge is -2.23. The van der Waals surface area contributed by atoms with E-state index in [0.29, 0.717) is 0 Å². The van der Waals surface area contributed by atoms with Crippen molar-refractivity contribution in [2.75, 3.05) is 20.6 Å². The second-order valence-corrected chi connectivity index (χ2v) is 4.05. The molecule has 0 saturated heterocycles. The molecule has 1 heteroatoms. The highest BCUT2D eigenvalue weighted by molar-refractivity contribution is 4.88. The third-order valence-electron chi connectivity index (χ3n) is 1.59. The van der Waals surface area contributed by atoms with E-state index in [-0.39, 0.29) is 0 Å². The number of rotatable bonds is 4. The van der Waals surface area contributed by atoms with Crippen LogP contribution in [-0.4, -0.2) is 25.1 Å². The standard InChI is InChI=1S/C11H22N/c1-6-7-8-9-12(4,5)10-11(2)3/h7-8,10H,6,9H2,1-5H3/q+1/b8-7+. The highest BCUT2D eigenvalue weighted by atomic mass is 15.3. The summed E-state index contributed by atoms with van der Waals surface area (Å²) in [5.74, 6) is 0. The monoisotopic (exact) mass is 168 g/mol. The number of hydrogen-bond donors (Lipinski definition) is 0. The van der Waals surface area contributed by atoms with Crippen LogP contribution >= 0.6 is 0 Å². The largest absolute Gasteiger partial charge is 0.299 e. The number of quaternary nitrogens is 1. The van der Waals surface area contributed by atoms with E-state index >= 15 is 0 Å². The van der Waals surface area contributed by atoms with Gasteiger partial charge in [-0.3, -0.25) is 4.48 Å². The van der Waals surface area contributed by atoms with E-state index in [0.717, 1.165) is 17.4 Å². The van der Waals surface area contributed by atoms with Crippen molar-refractivity contribution in [2.45, 2.75) is 27.2 Å². The highest BCUT2D eigenvalue weighted by Gasteiger charge is 2.07. The topological polar surface area (TPSA) is 0 Å². The van der Waals surface area contributed by atoms with Crippen LogP contribution in [0.4, 0.5) is 0 Å². The average Bonchev–Trinajstić information content (AvgIpc) is 1.84. The molecule has 0 spiro atoms. The lowest BCUT2D eigenvalue weighted by molar-refractivity contribution is -0.833. The third-order valence-corrected chi connectivity index (χ3v) is 1.59. The maximum absolute atomic E-state index is 2.28. The Morgan fingerprint density at radius 3 is 2.17 bits per heavy atom. The molecule has 0 radical (unpaired) electrons. The summed E-state index contributed by atoms with van der Waals surface area (Å²) in [4.78, 5) is 0. The molecular formula is C11H22N+. The fraction of sp³-hybridized carbons (Fsp3) is 0.636. The Labute approximate surface area is 77.0 Å². The molecule has 0 aromatic carbocycles. The zero-order valence-corrected chi connectivity index (χ0v) is 9.09.